The first-order valence-electron chi connectivity index (χ1n) is 5.56. The number of H-pyrrole nitrogens is 1. The van der Waals surface area contributed by atoms with Crippen LogP contribution in [0.4, 0.5) is 0 Å². The van der Waals surface area contributed by atoms with Crippen molar-refractivity contribution in [3.05, 3.63) is 10.6 Å². The van der Waals surface area contributed by atoms with Crippen molar-refractivity contribution in [1.29, 1.82) is 0 Å². The monoisotopic (exact) mass is 272 g/mol. The third kappa shape index (κ3) is 3.95. The number of aromatic nitrogens is 3. The predicted octanol–water partition coefficient (Wildman–Crippen LogP) is 0.182. The summed E-state index contributed by atoms with van der Waals surface area (Å²) in [4.78, 5) is 22.5. The summed E-state index contributed by atoms with van der Waals surface area (Å²) in [6, 6.07) is 0. The summed E-state index contributed by atoms with van der Waals surface area (Å²) in [6.45, 7) is 1.91. The van der Waals surface area contributed by atoms with E-state index in [1.54, 1.807) is 4.57 Å². The van der Waals surface area contributed by atoms with E-state index < -0.39 is 5.97 Å². The molecule has 0 unspecified atom stereocenters. The lowest BCUT2D eigenvalue weighted by atomic mass is 10.3. The van der Waals surface area contributed by atoms with Crippen LogP contribution in [0.1, 0.15) is 19.2 Å². The van der Waals surface area contributed by atoms with Gasteiger partial charge in [0.2, 0.25) is 5.91 Å². The molecule has 0 saturated heterocycles. The molecule has 0 aliphatic rings. The van der Waals surface area contributed by atoms with Crippen LogP contribution in [0.15, 0.2) is 0 Å². The fraction of sp³-hybridized carbons (Fsp3) is 0.600. The minimum Gasteiger partial charge on any atom is -0.468 e. The van der Waals surface area contributed by atoms with Crippen molar-refractivity contribution in [3.63, 3.8) is 0 Å². The van der Waals surface area contributed by atoms with Gasteiger partial charge in [-0.3, -0.25) is 19.3 Å². The van der Waals surface area contributed by atoms with Gasteiger partial charge in [0.15, 0.2) is 4.77 Å². The highest BCUT2D eigenvalue weighted by atomic mass is 32.1. The number of rotatable bonds is 6. The van der Waals surface area contributed by atoms with E-state index in [0.29, 0.717) is 4.77 Å². The maximum atomic E-state index is 11.6. The van der Waals surface area contributed by atoms with Crippen LogP contribution < -0.4 is 5.32 Å². The molecule has 0 aliphatic carbocycles. The number of carbonyl (C=O) groups is 2. The molecule has 0 aromatic carbocycles. The largest absolute Gasteiger partial charge is 0.468 e. The van der Waals surface area contributed by atoms with Crippen LogP contribution >= 0.6 is 12.2 Å². The summed E-state index contributed by atoms with van der Waals surface area (Å²) in [5.74, 6) is -0.0705. The zero-order chi connectivity index (χ0) is 13.5. The van der Waals surface area contributed by atoms with E-state index in [0.717, 1.165) is 18.7 Å². The first-order valence-corrected chi connectivity index (χ1v) is 5.96. The molecule has 1 rings (SSSR count). The minimum atomic E-state index is -0.493. The number of methoxy groups -OCH3 is 1. The van der Waals surface area contributed by atoms with E-state index in [1.165, 1.54) is 7.11 Å². The molecule has 0 spiro atoms. The van der Waals surface area contributed by atoms with Crippen molar-refractivity contribution in [2.45, 2.75) is 26.3 Å². The minimum absolute atomic E-state index is 0.0433. The van der Waals surface area contributed by atoms with Crippen LogP contribution in [0.2, 0.25) is 0 Å². The highest BCUT2D eigenvalue weighted by Crippen LogP contribution is 2.01. The standard InChI is InChI=1S/C10H16N4O3S/c1-3-4-7-12-13-10(18)14(7)6-8(15)11-5-9(16)17-2/h3-6H2,1-2H3,(H,11,15)(H,13,18). The molecule has 18 heavy (non-hydrogen) atoms. The van der Waals surface area contributed by atoms with Gasteiger partial charge in [-0.2, -0.15) is 5.10 Å². The average molecular weight is 272 g/mol. The summed E-state index contributed by atoms with van der Waals surface area (Å²) in [5.41, 5.74) is 0. The molecule has 0 aliphatic heterocycles. The first kappa shape index (κ1) is 14.4. The average Bonchev–Trinajstić information content (AvgIpc) is 2.69. The molecular weight excluding hydrogens is 256 g/mol. The smallest absolute Gasteiger partial charge is 0.325 e. The molecule has 0 saturated carbocycles. The number of ether oxygens (including phenoxy) is 1. The van der Waals surface area contributed by atoms with Gasteiger partial charge in [0, 0.05) is 6.42 Å². The number of amides is 1. The maximum Gasteiger partial charge on any atom is 0.325 e. The van der Waals surface area contributed by atoms with Gasteiger partial charge in [-0.15, -0.1) is 0 Å². The molecule has 1 aromatic rings. The first-order chi connectivity index (χ1) is 8.58. The fourth-order valence-corrected chi connectivity index (χ4v) is 1.59. The third-order valence-corrected chi connectivity index (χ3v) is 2.58. The lowest BCUT2D eigenvalue weighted by Gasteiger charge is -2.06. The van der Waals surface area contributed by atoms with Crippen molar-refractivity contribution in [3.8, 4) is 0 Å². The van der Waals surface area contributed by atoms with Crippen molar-refractivity contribution in [2.24, 2.45) is 0 Å². The zero-order valence-corrected chi connectivity index (χ0v) is 11.2. The Morgan fingerprint density at radius 2 is 2.28 bits per heavy atom. The lowest BCUT2D eigenvalue weighted by molar-refractivity contribution is -0.141. The molecule has 0 bridgehead atoms. The molecule has 7 nitrogen and oxygen atoms in total. The fourth-order valence-electron chi connectivity index (χ4n) is 1.37. The maximum absolute atomic E-state index is 11.6. The van der Waals surface area contributed by atoms with E-state index in [2.05, 4.69) is 20.3 Å². The SMILES string of the molecule is CCCc1n[nH]c(=S)n1CC(=O)NCC(=O)OC. The third-order valence-electron chi connectivity index (χ3n) is 2.27. The topological polar surface area (TPSA) is 89.0 Å². The molecule has 0 radical (unpaired) electrons. The molecular formula is C10H16N4O3S. The van der Waals surface area contributed by atoms with Crippen molar-refractivity contribution in [2.75, 3.05) is 13.7 Å². The number of hydrogen-bond donors (Lipinski definition) is 2. The van der Waals surface area contributed by atoms with Gasteiger partial charge in [0.05, 0.1) is 7.11 Å². The second kappa shape index (κ2) is 6.90. The molecule has 1 aromatic heterocycles. The number of esters is 1. The van der Waals surface area contributed by atoms with E-state index in [9.17, 15) is 9.59 Å². The van der Waals surface area contributed by atoms with Gasteiger partial charge in [0.25, 0.3) is 0 Å². The number of carbonyl (C=O) groups excluding carboxylic acids is 2. The van der Waals surface area contributed by atoms with Gasteiger partial charge in [-0.1, -0.05) is 6.92 Å². The van der Waals surface area contributed by atoms with Gasteiger partial charge >= 0.3 is 5.97 Å². The van der Waals surface area contributed by atoms with Crippen LogP contribution in [0.5, 0.6) is 0 Å². The van der Waals surface area contributed by atoms with Crippen molar-refractivity contribution < 1.29 is 14.3 Å². The second-order valence-electron chi connectivity index (χ2n) is 3.63. The number of aryl methyl sites for hydroxylation is 1. The van der Waals surface area contributed by atoms with Crippen molar-refractivity contribution in [1.82, 2.24) is 20.1 Å². The summed E-state index contributed by atoms with van der Waals surface area (Å²) in [6.07, 6.45) is 1.64. The molecule has 0 atom stereocenters. The Hall–Kier alpha value is -1.70. The molecule has 0 fully saturated rings. The molecule has 1 amide bonds. The zero-order valence-electron chi connectivity index (χ0n) is 10.4. The van der Waals surface area contributed by atoms with Gasteiger partial charge in [-0.25, -0.2) is 0 Å². The summed E-state index contributed by atoms with van der Waals surface area (Å²) < 4.78 is 6.43. The normalized spacial score (nSPS) is 10.1. The highest BCUT2D eigenvalue weighted by Gasteiger charge is 2.10. The van der Waals surface area contributed by atoms with Gasteiger partial charge in [-0.05, 0) is 18.6 Å². The van der Waals surface area contributed by atoms with E-state index >= 15 is 0 Å². The van der Waals surface area contributed by atoms with E-state index in [4.69, 9.17) is 12.2 Å². The second-order valence-corrected chi connectivity index (χ2v) is 4.02. The molecule has 2 N–H and O–H groups in total. The Balaban J connectivity index is 2.61. The number of aromatic amines is 1. The highest BCUT2D eigenvalue weighted by molar-refractivity contribution is 7.71. The van der Waals surface area contributed by atoms with Crippen molar-refractivity contribution >= 4 is 24.1 Å². The van der Waals surface area contributed by atoms with Crippen LogP contribution in [-0.2, 0) is 27.3 Å². The van der Waals surface area contributed by atoms with Gasteiger partial charge in [0.1, 0.15) is 18.9 Å². The van der Waals surface area contributed by atoms with Crippen LogP contribution in [-0.4, -0.2) is 40.3 Å². The number of hydrogen-bond acceptors (Lipinski definition) is 5. The lowest BCUT2D eigenvalue weighted by Crippen LogP contribution is -2.33. The van der Waals surface area contributed by atoms with Crippen LogP contribution in [0.3, 0.4) is 0 Å². The van der Waals surface area contributed by atoms with Crippen LogP contribution in [0.25, 0.3) is 0 Å². The Morgan fingerprint density at radius 1 is 1.56 bits per heavy atom. The quantitative estimate of drug-likeness (QED) is 0.570. The number of nitrogens with one attached hydrogen (secondary N) is 2. The Labute approximate surface area is 110 Å². The summed E-state index contributed by atoms with van der Waals surface area (Å²) in [7, 11) is 1.26. The molecule has 100 valence electrons. The summed E-state index contributed by atoms with van der Waals surface area (Å²) >= 11 is 5.04. The molecule has 8 heteroatoms. The van der Waals surface area contributed by atoms with E-state index in [-0.39, 0.29) is 19.0 Å². The van der Waals surface area contributed by atoms with Gasteiger partial charge < -0.3 is 10.1 Å². The molecule has 1 heterocycles. The van der Waals surface area contributed by atoms with Crippen LogP contribution in [0, 0.1) is 4.77 Å². The summed E-state index contributed by atoms with van der Waals surface area (Å²) in [5, 5.41) is 9.14. The van der Waals surface area contributed by atoms with E-state index in [1.807, 2.05) is 6.92 Å². The Bertz CT molecular complexity index is 480. The Morgan fingerprint density at radius 3 is 2.89 bits per heavy atom. The Kier molecular flexibility index (Phi) is 5.50. The number of nitrogens with zero attached hydrogens (tertiary/aromatic N) is 2. The predicted molar refractivity (Wildman–Crippen MR) is 66.4 cm³/mol.